The highest BCUT2D eigenvalue weighted by Crippen LogP contribution is 2.23. The zero-order chi connectivity index (χ0) is 18.0. The molecule has 25 heavy (non-hydrogen) atoms. The smallest absolute Gasteiger partial charge is 0.253 e. The Morgan fingerprint density at radius 3 is 2.64 bits per heavy atom. The molecule has 3 aromatic rings. The van der Waals surface area contributed by atoms with Gasteiger partial charge in [-0.05, 0) is 44.5 Å². The molecular formula is C19H22N4O2. The molecule has 0 fully saturated rings. The number of ether oxygens (including phenoxy) is 1. The van der Waals surface area contributed by atoms with Crippen LogP contribution in [0.25, 0.3) is 11.0 Å². The van der Waals surface area contributed by atoms with Crippen LogP contribution in [-0.2, 0) is 12.6 Å². The minimum atomic E-state index is -0.525. The number of nitrogens with zero attached hydrogens (tertiary/aromatic N) is 3. The fourth-order valence-corrected chi connectivity index (χ4v) is 2.71. The van der Waals surface area contributed by atoms with Gasteiger partial charge < -0.3 is 10.1 Å². The SMILES string of the molecule is CCOc1ccc(C(C)(C)NC(=O)c2cnc3cnn(C)c3c2)cc1. The number of carbonyl (C=O) groups excluding carboxylic acids is 1. The first kappa shape index (κ1) is 17.0. The number of aromatic nitrogens is 3. The van der Waals surface area contributed by atoms with Crippen molar-refractivity contribution in [3.05, 3.63) is 53.9 Å². The van der Waals surface area contributed by atoms with Crippen molar-refractivity contribution in [2.24, 2.45) is 7.05 Å². The maximum absolute atomic E-state index is 12.7. The molecule has 0 atom stereocenters. The molecule has 0 aliphatic rings. The minimum absolute atomic E-state index is 0.172. The molecule has 0 aliphatic heterocycles. The van der Waals surface area contributed by atoms with Crippen LogP contribution in [0.4, 0.5) is 0 Å². The number of fused-ring (bicyclic) bond motifs is 1. The Bertz CT molecular complexity index is 897. The highest BCUT2D eigenvalue weighted by molar-refractivity contribution is 5.97. The van der Waals surface area contributed by atoms with E-state index in [1.807, 2.05) is 52.1 Å². The van der Waals surface area contributed by atoms with Crippen molar-refractivity contribution in [2.75, 3.05) is 6.61 Å². The zero-order valence-electron chi connectivity index (χ0n) is 14.9. The number of pyridine rings is 1. The summed E-state index contributed by atoms with van der Waals surface area (Å²) in [6.45, 7) is 6.52. The predicted molar refractivity (Wildman–Crippen MR) is 96.6 cm³/mol. The van der Waals surface area contributed by atoms with Crippen molar-refractivity contribution in [1.29, 1.82) is 0 Å². The highest BCUT2D eigenvalue weighted by atomic mass is 16.5. The number of nitrogens with one attached hydrogen (secondary N) is 1. The van der Waals surface area contributed by atoms with Gasteiger partial charge in [-0.3, -0.25) is 14.5 Å². The van der Waals surface area contributed by atoms with Gasteiger partial charge in [0.15, 0.2) is 0 Å². The summed E-state index contributed by atoms with van der Waals surface area (Å²) < 4.78 is 7.17. The maximum Gasteiger partial charge on any atom is 0.253 e. The second-order valence-electron chi connectivity index (χ2n) is 6.43. The average molecular weight is 338 g/mol. The molecule has 2 heterocycles. The Kier molecular flexibility index (Phi) is 4.44. The second-order valence-corrected chi connectivity index (χ2v) is 6.43. The van der Waals surface area contributed by atoms with E-state index in [-0.39, 0.29) is 5.91 Å². The third-order valence-electron chi connectivity index (χ3n) is 4.17. The van der Waals surface area contributed by atoms with Gasteiger partial charge >= 0.3 is 0 Å². The predicted octanol–water partition coefficient (Wildman–Crippen LogP) is 3.03. The summed E-state index contributed by atoms with van der Waals surface area (Å²) >= 11 is 0. The molecule has 2 aromatic heterocycles. The Hall–Kier alpha value is -2.89. The van der Waals surface area contributed by atoms with E-state index in [2.05, 4.69) is 15.4 Å². The summed E-state index contributed by atoms with van der Waals surface area (Å²) in [6, 6.07) is 9.56. The average Bonchev–Trinajstić information content (AvgIpc) is 2.96. The van der Waals surface area contributed by atoms with E-state index >= 15 is 0 Å². The molecule has 0 radical (unpaired) electrons. The highest BCUT2D eigenvalue weighted by Gasteiger charge is 2.24. The van der Waals surface area contributed by atoms with E-state index in [0.29, 0.717) is 12.2 Å². The Morgan fingerprint density at radius 1 is 1.24 bits per heavy atom. The third-order valence-corrected chi connectivity index (χ3v) is 4.17. The quantitative estimate of drug-likeness (QED) is 0.776. The number of rotatable bonds is 5. The van der Waals surface area contributed by atoms with Crippen LogP contribution in [0.5, 0.6) is 5.75 Å². The lowest BCUT2D eigenvalue weighted by Gasteiger charge is -2.27. The van der Waals surface area contributed by atoms with Gasteiger partial charge in [-0.15, -0.1) is 0 Å². The van der Waals surface area contributed by atoms with Gasteiger partial charge in [-0.2, -0.15) is 5.10 Å². The number of hydrogen-bond donors (Lipinski definition) is 1. The molecule has 1 amide bonds. The summed E-state index contributed by atoms with van der Waals surface area (Å²) in [6.07, 6.45) is 3.26. The summed E-state index contributed by atoms with van der Waals surface area (Å²) in [5.41, 5.74) is 2.58. The summed E-state index contributed by atoms with van der Waals surface area (Å²) in [5.74, 6) is 0.647. The van der Waals surface area contributed by atoms with Crippen LogP contribution in [0, 0.1) is 0 Å². The van der Waals surface area contributed by atoms with Gasteiger partial charge in [0, 0.05) is 13.2 Å². The fraction of sp³-hybridized carbons (Fsp3) is 0.316. The molecule has 1 N–H and O–H groups in total. The van der Waals surface area contributed by atoms with Gasteiger partial charge in [-0.25, -0.2) is 0 Å². The molecule has 0 saturated heterocycles. The van der Waals surface area contributed by atoms with Gasteiger partial charge in [0.2, 0.25) is 0 Å². The van der Waals surface area contributed by atoms with Gasteiger partial charge in [-0.1, -0.05) is 12.1 Å². The van der Waals surface area contributed by atoms with E-state index in [9.17, 15) is 4.79 Å². The number of amides is 1. The van der Waals surface area contributed by atoms with Crippen molar-refractivity contribution >= 4 is 16.9 Å². The number of hydrogen-bond acceptors (Lipinski definition) is 4. The van der Waals surface area contributed by atoms with E-state index in [0.717, 1.165) is 22.3 Å². The molecule has 130 valence electrons. The Balaban J connectivity index is 1.80. The van der Waals surface area contributed by atoms with Crippen LogP contribution in [0.15, 0.2) is 42.7 Å². The van der Waals surface area contributed by atoms with Crippen LogP contribution >= 0.6 is 0 Å². The molecule has 0 saturated carbocycles. The molecule has 1 aromatic carbocycles. The van der Waals surface area contributed by atoms with Crippen molar-refractivity contribution in [3.8, 4) is 5.75 Å². The van der Waals surface area contributed by atoms with Gasteiger partial charge in [0.1, 0.15) is 11.3 Å². The van der Waals surface area contributed by atoms with Crippen molar-refractivity contribution in [2.45, 2.75) is 26.3 Å². The van der Waals surface area contributed by atoms with Crippen LogP contribution < -0.4 is 10.1 Å². The Morgan fingerprint density at radius 2 is 1.96 bits per heavy atom. The lowest BCUT2D eigenvalue weighted by atomic mass is 9.94. The minimum Gasteiger partial charge on any atom is -0.494 e. The summed E-state index contributed by atoms with van der Waals surface area (Å²) in [5, 5.41) is 7.22. The molecule has 0 bridgehead atoms. The first-order valence-electron chi connectivity index (χ1n) is 8.24. The molecule has 0 unspecified atom stereocenters. The monoisotopic (exact) mass is 338 g/mol. The zero-order valence-corrected chi connectivity index (χ0v) is 14.9. The normalized spacial score (nSPS) is 11.5. The molecular weight excluding hydrogens is 316 g/mol. The summed E-state index contributed by atoms with van der Waals surface area (Å²) in [4.78, 5) is 17.0. The van der Waals surface area contributed by atoms with E-state index in [1.165, 1.54) is 0 Å². The first-order valence-corrected chi connectivity index (χ1v) is 8.24. The van der Waals surface area contributed by atoms with E-state index in [4.69, 9.17) is 4.74 Å². The van der Waals surface area contributed by atoms with Crippen molar-refractivity contribution in [3.63, 3.8) is 0 Å². The number of carbonyl (C=O) groups is 1. The van der Waals surface area contributed by atoms with Crippen LogP contribution in [0.1, 0.15) is 36.7 Å². The maximum atomic E-state index is 12.7. The van der Waals surface area contributed by atoms with Crippen LogP contribution in [0.2, 0.25) is 0 Å². The largest absolute Gasteiger partial charge is 0.494 e. The van der Waals surface area contributed by atoms with Gasteiger partial charge in [0.05, 0.1) is 29.4 Å². The van der Waals surface area contributed by atoms with Crippen molar-refractivity contribution in [1.82, 2.24) is 20.1 Å². The molecule has 0 aliphatic carbocycles. The number of aryl methyl sites for hydroxylation is 1. The van der Waals surface area contributed by atoms with Gasteiger partial charge in [0.25, 0.3) is 5.91 Å². The van der Waals surface area contributed by atoms with E-state index in [1.54, 1.807) is 23.1 Å². The molecule has 6 nitrogen and oxygen atoms in total. The lowest BCUT2D eigenvalue weighted by Crippen LogP contribution is -2.41. The summed E-state index contributed by atoms with van der Waals surface area (Å²) in [7, 11) is 1.83. The lowest BCUT2D eigenvalue weighted by molar-refractivity contribution is 0.0912. The Labute approximate surface area is 146 Å². The first-order chi connectivity index (χ1) is 11.9. The van der Waals surface area contributed by atoms with E-state index < -0.39 is 5.54 Å². The molecule has 0 spiro atoms. The standard InChI is InChI=1S/C19H22N4O2/c1-5-25-15-8-6-14(7-9-15)19(2,3)22-18(24)13-10-17-16(20-11-13)12-21-23(17)4/h6-12H,5H2,1-4H3,(H,22,24). The topological polar surface area (TPSA) is 69.0 Å². The number of benzene rings is 1. The fourth-order valence-electron chi connectivity index (χ4n) is 2.71. The van der Waals surface area contributed by atoms with Crippen molar-refractivity contribution < 1.29 is 9.53 Å². The van der Waals surface area contributed by atoms with Crippen LogP contribution in [-0.4, -0.2) is 27.3 Å². The molecule has 6 heteroatoms. The van der Waals surface area contributed by atoms with Crippen LogP contribution in [0.3, 0.4) is 0 Å². The second kappa shape index (κ2) is 6.55. The molecule has 3 rings (SSSR count). The third kappa shape index (κ3) is 3.47.